The molecule has 16 rings (SSSR count). The molecule has 5 aromatic heterocycles. The third-order valence-electron chi connectivity index (χ3n) is 21.8. The van der Waals surface area contributed by atoms with E-state index < -0.39 is 5.97 Å². The van der Waals surface area contributed by atoms with Crippen LogP contribution in [-0.4, -0.2) is 284 Å². The highest BCUT2D eigenvalue weighted by molar-refractivity contribution is 5.95. The van der Waals surface area contributed by atoms with Gasteiger partial charge in [0, 0.05) is 170 Å². The first-order valence-electron chi connectivity index (χ1n) is 42.6. The summed E-state index contributed by atoms with van der Waals surface area (Å²) in [6.45, 7) is 29.8. The number of aryl methyl sites for hydroxylation is 1. The molecule has 0 aliphatic carbocycles. The van der Waals surface area contributed by atoms with E-state index in [1.807, 2.05) is 104 Å². The molecule has 0 radical (unpaired) electrons. The second kappa shape index (κ2) is 46.0. The van der Waals surface area contributed by atoms with Gasteiger partial charge in [-0.05, 0) is 145 Å². The Bertz CT molecular complexity index is 5860. The van der Waals surface area contributed by atoms with Gasteiger partial charge in [0.05, 0.1) is 112 Å². The average molecular weight is 1770 g/mol. The van der Waals surface area contributed by atoms with Gasteiger partial charge in [0.15, 0.2) is 46.0 Å². The molecule has 36 heteroatoms. The summed E-state index contributed by atoms with van der Waals surface area (Å²) >= 11 is 0. The van der Waals surface area contributed by atoms with Crippen LogP contribution in [0.25, 0.3) is 54.5 Å². The number of ether oxygens (including phenoxy) is 10. The number of methoxy groups -OCH3 is 6. The van der Waals surface area contributed by atoms with Gasteiger partial charge >= 0.3 is 18.0 Å². The summed E-state index contributed by atoms with van der Waals surface area (Å²) in [4.78, 5) is 117. The van der Waals surface area contributed by atoms with Crippen LogP contribution in [-0.2, 0) is 11.2 Å². The van der Waals surface area contributed by atoms with Crippen LogP contribution in [0.1, 0.15) is 67.9 Å². The highest BCUT2D eigenvalue weighted by Crippen LogP contribution is 2.39. The number of carbonyl (C=O) groups excluding carboxylic acids is 3. The number of aromatic amines is 2. The smallest absolute Gasteiger partial charge is 0.321 e. The summed E-state index contributed by atoms with van der Waals surface area (Å²) in [5.41, 5.74) is 5.60. The van der Waals surface area contributed by atoms with E-state index in [0.29, 0.717) is 115 Å². The molecule has 0 spiro atoms. The summed E-state index contributed by atoms with van der Waals surface area (Å²) < 4.78 is 54.2. The molecule has 12 aromatic rings. The Kier molecular flexibility index (Phi) is 34.2. The first kappa shape index (κ1) is 95.8. The van der Waals surface area contributed by atoms with Crippen LogP contribution in [0.3, 0.4) is 0 Å². The second-order valence-electron chi connectivity index (χ2n) is 30.9. The normalized spacial score (nSPS) is 14.2. The molecule has 4 aliphatic heterocycles. The molecule has 0 saturated carbocycles. The lowest BCUT2D eigenvalue weighted by Crippen LogP contribution is -2.50. The number of fused-ring (bicyclic) bond motifs is 5. The summed E-state index contributed by atoms with van der Waals surface area (Å²) in [5, 5.41) is 19.4. The van der Waals surface area contributed by atoms with Crippen molar-refractivity contribution in [3.05, 3.63) is 167 Å². The number of amides is 4. The van der Waals surface area contributed by atoms with Gasteiger partial charge in [-0.25, -0.2) is 49.5 Å². The highest BCUT2D eigenvalue weighted by atomic mass is 16.6. The topological polar surface area (TPSA) is 383 Å². The number of phenols is 1. The van der Waals surface area contributed by atoms with E-state index in [1.165, 1.54) is 53.0 Å². The minimum atomic E-state index is -0.465. The largest absolute Gasteiger partial charge is 0.504 e. The lowest BCUT2D eigenvalue weighted by molar-refractivity contribution is -0.132. The number of likely N-dealkylation sites (N-methyl/N-ethyl adjacent to an activating group) is 2. The number of aromatic hydroxyl groups is 1. The van der Waals surface area contributed by atoms with Crippen LogP contribution in [0.2, 0.25) is 0 Å². The summed E-state index contributed by atoms with van der Waals surface area (Å²) in [6.07, 6.45) is 9.44. The Morgan fingerprint density at radius 2 is 0.806 bits per heavy atom. The predicted molar refractivity (Wildman–Crippen MR) is 500 cm³/mol. The molecule has 9 heterocycles. The predicted octanol–water partition coefficient (Wildman–Crippen LogP) is 12.1. The molecule has 7 aromatic carbocycles. The molecule has 4 aliphatic rings. The molecule has 0 bridgehead atoms. The van der Waals surface area contributed by atoms with Crippen LogP contribution < -0.4 is 83.8 Å². The van der Waals surface area contributed by atoms with Gasteiger partial charge in [0.1, 0.15) is 53.7 Å². The van der Waals surface area contributed by atoms with Crippen molar-refractivity contribution in [2.45, 2.75) is 80.9 Å². The zero-order chi connectivity index (χ0) is 90.9. The number of phenolic OH excluding ortho intramolecular Hbond substituents is 1. The number of esters is 1. The maximum atomic E-state index is 12.9. The molecule has 4 fully saturated rings. The lowest BCUT2D eigenvalue weighted by Gasteiger charge is -2.35. The molecule has 36 nitrogen and oxygen atoms in total. The van der Waals surface area contributed by atoms with Crippen LogP contribution in [0.4, 0.5) is 38.4 Å². The first-order valence-corrected chi connectivity index (χ1v) is 42.6. The SMILES string of the molecule is C.CCN1CCN(CCCOc2cc3ncnc(N4CCN(C(=O)Nc5ccc(OC(C)C)cc5)CC4)c3cc2OC)CC1.CCc1cc2ncnc(N3CCN(C(=O)Nc4ccc(OC(C)C)cc4)CC3)c2cc1OC.COc1cc2c(=O)[nH]cnc2cc1OC(C)=O.COc1cc2c(N3CCN(C)CC3)ncnc2cc1O.COc1cc2nc[nH]c(=O)c2cc1OC. The zero-order valence-corrected chi connectivity index (χ0v) is 75.0. The van der Waals surface area contributed by atoms with Gasteiger partial charge in [-0.2, -0.15) is 0 Å². The monoisotopic (exact) mass is 1770 g/mol. The molecular weight excluding hydrogens is 1650 g/mol. The van der Waals surface area contributed by atoms with Gasteiger partial charge in [-0.15, -0.1) is 0 Å². The molecule has 129 heavy (non-hydrogen) atoms. The number of nitrogens with zero attached hydrogens (tertiary/aromatic N) is 16. The van der Waals surface area contributed by atoms with Crippen LogP contribution in [0, 0.1) is 0 Å². The first-order chi connectivity index (χ1) is 62.0. The number of benzene rings is 7. The van der Waals surface area contributed by atoms with Crippen molar-refractivity contribution in [3.63, 3.8) is 0 Å². The van der Waals surface area contributed by atoms with Gasteiger partial charge in [-0.1, -0.05) is 21.3 Å². The van der Waals surface area contributed by atoms with Gasteiger partial charge in [0.25, 0.3) is 11.1 Å². The maximum absolute atomic E-state index is 12.9. The Balaban J connectivity index is 0.000000165. The van der Waals surface area contributed by atoms with Crippen LogP contribution >= 0.6 is 0 Å². The Morgan fingerprint density at radius 3 is 1.24 bits per heavy atom. The number of rotatable bonds is 23. The number of nitrogens with one attached hydrogen (secondary N) is 4. The van der Waals surface area contributed by atoms with Crippen LogP contribution in [0.5, 0.6) is 63.2 Å². The summed E-state index contributed by atoms with van der Waals surface area (Å²) in [5.74, 6) is 8.11. The number of anilines is 5. The number of hydrogen-bond acceptors (Lipinski definition) is 30. The van der Waals surface area contributed by atoms with Crippen molar-refractivity contribution in [1.82, 2.24) is 74.3 Å². The van der Waals surface area contributed by atoms with Gasteiger partial charge < -0.3 is 112 Å². The molecule has 686 valence electrons. The van der Waals surface area contributed by atoms with Crippen molar-refractivity contribution in [1.29, 1.82) is 0 Å². The molecule has 4 amide bonds. The molecule has 0 atom stereocenters. The van der Waals surface area contributed by atoms with E-state index in [-0.39, 0.29) is 54.3 Å². The van der Waals surface area contributed by atoms with Crippen molar-refractivity contribution < 1.29 is 66.9 Å². The van der Waals surface area contributed by atoms with Gasteiger partial charge in [-0.3, -0.25) is 14.4 Å². The van der Waals surface area contributed by atoms with E-state index >= 15 is 0 Å². The number of piperazine rings is 4. The third-order valence-corrected chi connectivity index (χ3v) is 21.8. The lowest BCUT2D eigenvalue weighted by atomic mass is 10.1. The van der Waals surface area contributed by atoms with Crippen LogP contribution in [0.15, 0.2) is 150 Å². The third kappa shape index (κ3) is 25.1. The Hall–Kier alpha value is -13.9. The summed E-state index contributed by atoms with van der Waals surface area (Å²) in [6, 6.07) is 32.4. The molecule has 5 N–H and O–H groups in total. The highest BCUT2D eigenvalue weighted by Gasteiger charge is 2.28. The van der Waals surface area contributed by atoms with Crippen molar-refractivity contribution in [2.75, 3.05) is 199 Å². The van der Waals surface area contributed by atoms with E-state index in [2.05, 4.69) is 117 Å². The second-order valence-corrected chi connectivity index (χ2v) is 30.9. The Labute approximate surface area is 749 Å². The fourth-order valence-electron chi connectivity index (χ4n) is 15.0. The minimum absolute atomic E-state index is 0. The van der Waals surface area contributed by atoms with Crippen molar-refractivity contribution in [3.8, 4) is 63.2 Å². The number of carbonyl (C=O) groups is 3. The maximum Gasteiger partial charge on any atom is 0.321 e. The van der Waals surface area contributed by atoms with E-state index in [0.717, 1.165) is 163 Å². The quantitative estimate of drug-likeness (QED) is 0.0225. The summed E-state index contributed by atoms with van der Waals surface area (Å²) in [7, 11) is 11.5. The minimum Gasteiger partial charge on any atom is -0.504 e. The fraction of sp³-hybridized carbons (Fsp3) is 0.409. The number of aromatic nitrogens is 10. The molecule has 4 saturated heterocycles. The average Bonchev–Trinajstić information content (AvgIpc) is 1.20. The molecular formula is C93H118N20O16. The number of H-pyrrole nitrogens is 2. The van der Waals surface area contributed by atoms with E-state index in [4.69, 9.17) is 47.4 Å². The van der Waals surface area contributed by atoms with Gasteiger partial charge in [0.2, 0.25) is 0 Å². The standard InChI is InChI=1S/C32H45N7O4.C25H31N5O3.C14H18N4O2.C11H10N2O4.C10H10N2O3.CH4/c1-5-36-12-14-37(15-13-36)11-6-20-42-30-22-28-27(21-29(30)41-4)31(34-23-33-28)38-16-18-39(19-17-38)32(40)35-25-7-9-26(10-8-25)43-24(2)3;1-5-18-14-22-21(15-23(18)32-4)24(27-16-26-22)29-10-12-30(13-11-29)25(31)28-19-6-8-20(9-7-19)33-17(2)3;1-17-3-5-18(6-4-17)14-10-7-13(20-2)12(19)8-11(10)15-9-16-14;1-6(14)17-10-4-8-7(3-9(10)16-2)11(15)13-5-12-8;1-14-8-3-6-7(4-9(8)15-2)11-5-12-10(6)13;/h7-10,21-24H,5-6,11-20H2,1-4H3,(H,35,40);6-9,14-17H,5,10-13H2,1-4H3,(H,28,31);7-9,19H,3-6H2,1-2H3;3-5H,1-2H3,(H,12,13,15);3-5H,1-2H3,(H,11,12,13);1H4. The fourth-order valence-corrected chi connectivity index (χ4v) is 15.0. The van der Waals surface area contributed by atoms with E-state index in [1.54, 1.807) is 64.6 Å². The number of urea groups is 2. The van der Waals surface area contributed by atoms with E-state index in [9.17, 15) is 29.1 Å². The van der Waals surface area contributed by atoms with Crippen molar-refractivity contribution in [2.24, 2.45) is 0 Å². The zero-order valence-electron chi connectivity index (χ0n) is 75.0. The molecule has 0 unspecified atom stereocenters. The number of hydrogen-bond donors (Lipinski definition) is 5. The Morgan fingerprint density at radius 1 is 0.434 bits per heavy atom. The van der Waals surface area contributed by atoms with Crippen molar-refractivity contribution >= 4 is 101 Å².